The van der Waals surface area contributed by atoms with Crippen LogP contribution in [0.1, 0.15) is 32.8 Å². The van der Waals surface area contributed by atoms with E-state index < -0.39 is 0 Å². The number of hydrogen-bond donors (Lipinski definition) is 1. The summed E-state index contributed by atoms with van der Waals surface area (Å²) in [4.78, 5) is 2.29. The Labute approximate surface area is 133 Å². The monoisotopic (exact) mass is 316 g/mol. The van der Waals surface area contributed by atoms with Crippen molar-refractivity contribution in [2.45, 2.75) is 45.2 Å². The van der Waals surface area contributed by atoms with E-state index in [1.807, 2.05) is 12.1 Å². The van der Waals surface area contributed by atoms with E-state index in [0.717, 1.165) is 24.9 Å². The van der Waals surface area contributed by atoms with Gasteiger partial charge in [0, 0.05) is 11.6 Å². The Balaban J connectivity index is 3.06. The van der Waals surface area contributed by atoms with Gasteiger partial charge in [0.25, 0.3) is 0 Å². The van der Waals surface area contributed by atoms with Gasteiger partial charge >= 0.3 is 0 Å². The Kier molecular flexibility index (Phi) is 6.80. The maximum Gasteiger partial charge on any atom is 0.0624 e. The van der Waals surface area contributed by atoms with Crippen LogP contribution in [0.3, 0.4) is 0 Å². The highest BCUT2D eigenvalue weighted by atomic mass is 35.5. The first-order chi connectivity index (χ1) is 9.36. The summed E-state index contributed by atoms with van der Waals surface area (Å²) in [6.07, 6.45) is 1.94. The summed E-state index contributed by atoms with van der Waals surface area (Å²) in [5.74, 6) is 0. The van der Waals surface area contributed by atoms with Crippen LogP contribution in [0.2, 0.25) is 10.0 Å². The van der Waals surface area contributed by atoms with E-state index in [-0.39, 0.29) is 5.54 Å². The number of likely N-dealkylation sites (N-methyl/N-ethyl adjacent to an activating group) is 2. The lowest BCUT2D eigenvalue weighted by atomic mass is 9.84. The Morgan fingerprint density at radius 1 is 1.25 bits per heavy atom. The molecule has 1 aromatic rings. The second-order valence-electron chi connectivity index (χ2n) is 5.63. The van der Waals surface area contributed by atoms with Crippen molar-refractivity contribution in [2.75, 3.05) is 20.6 Å². The molecule has 2 unspecified atom stereocenters. The number of benzene rings is 1. The summed E-state index contributed by atoms with van der Waals surface area (Å²) in [6.45, 7) is 7.59. The molecule has 0 fully saturated rings. The van der Waals surface area contributed by atoms with Gasteiger partial charge in [-0.3, -0.25) is 0 Å². The van der Waals surface area contributed by atoms with Crippen molar-refractivity contribution in [3.8, 4) is 0 Å². The van der Waals surface area contributed by atoms with Crippen molar-refractivity contribution in [1.29, 1.82) is 0 Å². The van der Waals surface area contributed by atoms with Crippen molar-refractivity contribution in [1.82, 2.24) is 10.2 Å². The number of nitrogens with zero attached hydrogens (tertiary/aromatic N) is 1. The molecule has 0 spiro atoms. The van der Waals surface area contributed by atoms with Crippen molar-refractivity contribution in [3.05, 3.63) is 33.8 Å². The van der Waals surface area contributed by atoms with Crippen LogP contribution < -0.4 is 5.32 Å². The number of halogens is 2. The second kappa shape index (κ2) is 7.65. The molecule has 1 aromatic carbocycles. The van der Waals surface area contributed by atoms with Crippen LogP contribution in [0.4, 0.5) is 0 Å². The molecule has 2 atom stereocenters. The van der Waals surface area contributed by atoms with Crippen LogP contribution in [-0.2, 0) is 6.42 Å². The normalized spacial score (nSPS) is 16.2. The molecule has 0 saturated carbocycles. The highest BCUT2D eigenvalue weighted by Crippen LogP contribution is 2.30. The Morgan fingerprint density at radius 2 is 1.90 bits per heavy atom. The molecule has 1 N–H and O–H groups in total. The van der Waals surface area contributed by atoms with Gasteiger partial charge in [0.15, 0.2) is 0 Å². The van der Waals surface area contributed by atoms with E-state index in [1.165, 1.54) is 0 Å². The largest absolute Gasteiger partial charge is 0.312 e. The Bertz CT molecular complexity index is 434. The first kappa shape index (κ1) is 17.8. The third-order valence-corrected chi connectivity index (χ3v) is 5.25. The summed E-state index contributed by atoms with van der Waals surface area (Å²) in [6, 6.07) is 6.18. The first-order valence-electron chi connectivity index (χ1n) is 7.20. The molecule has 4 heteroatoms. The molecule has 0 radical (unpaired) electrons. The first-order valence-corrected chi connectivity index (χ1v) is 7.96. The minimum absolute atomic E-state index is 0.0711. The molecule has 0 amide bonds. The van der Waals surface area contributed by atoms with Crippen LogP contribution in [0, 0.1) is 0 Å². The van der Waals surface area contributed by atoms with Crippen LogP contribution in [0.5, 0.6) is 0 Å². The third-order valence-electron chi connectivity index (χ3n) is 4.39. The lowest BCUT2D eigenvalue weighted by Gasteiger charge is -2.43. The van der Waals surface area contributed by atoms with Crippen molar-refractivity contribution < 1.29 is 0 Å². The van der Waals surface area contributed by atoms with E-state index in [2.05, 4.69) is 51.1 Å². The van der Waals surface area contributed by atoms with Crippen LogP contribution >= 0.6 is 23.2 Å². The van der Waals surface area contributed by atoms with Gasteiger partial charge in [-0.1, -0.05) is 49.2 Å². The number of nitrogens with one attached hydrogen (secondary N) is 1. The van der Waals surface area contributed by atoms with E-state index in [4.69, 9.17) is 23.2 Å². The van der Waals surface area contributed by atoms with E-state index in [1.54, 1.807) is 0 Å². The average Bonchev–Trinajstić information content (AvgIpc) is 2.42. The van der Waals surface area contributed by atoms with Gasteiger partial charge < -0.3 is 10.2 Å². The minimum Gasteiger partial charge on any atom is -0.312 e. The molecule has 1 rings (SSSR count). The second-order valence-corrected chi connectivity index (χ2v) is 6.42. The van der Waals surface area contributed by atoms with Crippen LogP contribution in [0.15, 0.2) is 18.2 Å². The molecule has 0 saturated heterocycles. The molecular weight excluding hydrogens is 291 g/mol. The molecule has 114 valence electrons. The molecule has 0 aliphatic rings. The maximum atomic E-state index is 6.34. The fraction of sp³-hybridized carbons (Fsp3) is 0.625. The zero-order valence-electron chi connectivity index (χ0n) is 13.1. The lowest BCUT2D eigenvalue weighted by molar-refractivity contribution is 0.113. The summed E-state index contributed by atoms with van der Waals surface area (Å²) in [5, 5.41) is 4.91. The molecule has 0 aliphatic carbocycles. The quantitative estimate of drug-likeness (QED) is 0.809. The fourth-order valence-electron chi connectivity index (χ4n) is 2.56. The van der Waals surface area contributed by atoms with Gasteiger partial charge in [0.05, 0.1) is 10.0 Å². The van der Waals surface area contributed by atoms with Gasteiger partial charge in [0.2, 0.25) is 0 Å². The van der Waals surface area contributed by atoms with Gasteiger partial charge in [-0.15, -0.1) is 0 Å². The molecule has 0 heterocycles. The predicted molar refractivity (Wildman–Crippen MR) is 90.0 cm³/mol. The third kappa shape index (κ3) is 3.88. The summed E-state index contributed by atoms with van der Waals surface area (Å²) < 4.78 is 0. The van der Waals surface area contributed by atoms with Gasteiger partial charge in [-0.05, 0) is 52.0 Å². The summed E-state index contributed by atoms with van der Waals surface area (Å²) >= 11 is 12.5. The van der Waals surface area contributed by atoms with E-state index in [0.29, 0.717) is 16.1 Å². The average molecular weight is 317 g/mol. The SMILES string of the molecule is CCNC(Cc1cccc(Cl)c1Cl)C(C)(CC)N(C)C. The van der Waals surface area contributed by atoms with Gasteiger partial charge in [-0.25, -0.2) is 0 Å². The zero-order chi connectivity index (χ0) is 15.3. The predicted octanol–water partition coefficient (Wildman–Crippen LogP) is 4.24. The van der Waals surface area contributed by atoms with E-state index in [9.17, 15) is 0 Å². The van der Waals surface area contributed by atoms with Gasteiger partial charge in [-0.2, -0.15) is 0 Å². The number of hydrogen-bond acceptors (Lipinski definition) is 2. The Morgan fingerprint density at radius 3 is 2.40 bits per heavy atom. The number of rotatable bonds is 7. The maximum absolute atomic E-state index is 6.34. The summed E-state index contributed by atoms with van der Waals surface area (Å²) in [7, 11) is 4.26. The molecule has 0 bridgehead atoms. The minimum atomic E-state index is 0.0711. The smallest absolute Gasteiger partial charge is 0.0624 e. The molecule has 0 aromatic heterocycles. The molecule has 2 nitrogen and oxygen atoms in total. The van der Waals surface area contributed by atoms with Crippen molar-refractivity contribution in [3.63, 3.8) is 0 Å². The van der Waals surface area contributed by atoms with Gasteiger partial charge in [0.1, 0.15) is 0 Å². The van der Waals surface area contributed by atoms with Crippen LogP contribution in [-0.4, -0.2) is 37.1 Å². The molecular formula is C16H26Cl2N2. The van der Waals surface area contributed by atoms with Crippen LogP contribution in [0.25, 0.3) is 0 Å². The highest BCUT2D eigenvalue weighted by Gasteiger charge is 2.34. The Hall–Kier alpha value is -0.280. The van der Waals surface area contributed by atoms with Crippen molar-refractivity contribution in [2.24, 2.45) is 0 Å². The summed E-state index contributed by atoms with van der Waals surface area (Å²) in [5.41, 5.74) is 1.17. The standard InChI is InChI=1S/C16H26Cl2N2/c1-6-16(3,20(4)5)14(19-7-2)11-12-9-8-10-13(17)15(12)18/h8-10,14,19H,6-7,11H2,1-5H3. The highest BCUT2D eigenvalue weighted by molar-refractivity contribution is 6.42. The van der Waals surface area contributed by atoms with E-state index >= 15 is 0 Å². The molecule has 0 aliphatic heterocycles. The lowest BCUT2D eigenvalue weighted by Crippen LogP contribution is -2.57. The molecule has 20 heavy (non-hydrogen) atoms. The topological polar surface area (TPSA) is 15.3 Å². The fourth-order valence-corrected chi connectivity index (χ4v) is 2.96. The van der Waals surface area contributed by atoms with Crippen molar-refractivity contribution >= 4 is 23.2 Å². The zero-order valence-corrected chi connectivity index (χ0v) is 14.6.